The van der Waals surface area contributed by atoms with Gasteiger partial charge in [-0.25, -0.2) is 8.42 Å². The number of carbonyl (C=O) groups excluding carboxylic acids is 1. The molecule has 5 nitrogen and oxygen atoms in total. The number of hydrogen-bond acceptors (Lipinski definition) is 4. The fourth-order valence-electron chi connectivity index (χ4n) is 5.15. The van der Waals surface area contributed by atoms with Gasteiger partial charge in [0.25, 0.3) is 0 Å². The van der Waals surface area contributed by atoms with Crippen molar-refractivity contribution in [1.29, 1.82) is 0 Å². The highest BCUT2D eigenvalue weighted by atomic mass is 32.2. The van der Waals surface area contributed by atoms with Crippen LogP contribution in [0.3, 0.4) is 0 Å². The molecule has 1 aliphatic heterocycles. The Morgan fingerprint density at radius 3 is 2.50 bits per heavy atom. The van der Waals surface area contributed by atoms with Crippen molar-refractivity contribution in [3.05, 3.63) is 99.7 Å². The molecule has 1 unspecified atom stereocenters. The highest BCUT2D eigenvalue weighted by Gasteiger charge is 2.41. The zero-order chi connectivity index (χ0) is 24.9. The third kappa shape index (κ3) is 4.25. The minimum Gasteiger partial charge on any atom is -0.330 e. The molecule has 0 bridgehead atoms. The molecule has 0 N–H and O–H groups in total. The zero-order valence-corrected chi connectivity index (χ0v) is 21.8. The molecule has 1 aliphatic carbocycles. The predicted molar refractivity (Wildman–Crippen MR) is 144 cm³/mol. The molecule has 1 saturated carbocycles. The first-order valence-corrected chi connectivity index (χ1v) is 14.7. The van der Waals surface area contributed by atoms with Crippen molar-refractivity contribution in [2.45, 2.75) is 43.2 Å². The van der Waals surface area contributed by atoms with Gasteiger partial charge in [0.2, 0.25) is 15.9 Å². The molecule has 1 amide bonds. The molecule has 0 saturated heterocycles. The molecular formula is C29H28N2O3S2. The Labute approximate surface area is 216 Å². The molecule has 6 rings (SSSR count). The van der Waals surface area contributed by atoms with E-state index in [0.29, 0.717) is 6.54 Å². The van der Waals surface area contributed by atoms with E-state index in [2.05, 4.69) is 42.6 Å². The summed E-state index contributed by atoms with van der Waals surface area (Å²) >= 11 is 1.73. The summed E-state index contributed by atoms with van der Waals surface area (Å²) in [4.78, 5) is 17.3. The number of benzene rings is 3. The number of sulfonamides is 1. The number of thiophene rings is 1. The van der Waals surface area contributed by atoms with Crippen molar-refractivity contribution in [3.63, 3.8) is 0 Å². The molecule has 2 aliphatic rings. The summed E-state index contributed by atoms with van der Waals surface area (Å²) in [6.07, 6.45) is 2.37. The highest BCUT2D eigenvalue weighted by molar-refractivity contribution is 7.89. The number of nitrogens with zero attached hydrogens (tertiary/aromatic N) is 2. The summed E-state index contributed by atoms with van der Waals surface area (Å²) in [6.45, 7) is 2.50. The summed E-state index contributed by atoms with van der Waals surface area (Å²) in [7, 11) is -3.81. The Balaban J connectivity index is 1.32. The second-order valence-electron chi connectivity index (χ2n) is 9.74. The largest absolute Gasteiger partial charge is 0.330 e. The topological polar surface area (TPSA) is 57.7 Å². The van der Waals surface area contributed by atoms with Crippen LogP contribution >= 0.6 is 11.3 Å². The molecule has 7 heteroatoms. The Bertz CT molecular complexity index is 1540. The van der Waals surface area contributed by atoms with Crippen LogP contribution in [0.15, 0.2) is 83.1 Å². The first kappa shape index (κ1) is 23.4. The van der Waals surface area contributed by atoms with Gasteiger partial charge in [0.1, 0.15) is 0 Å². The van der Waals surface area contributed by atoms with Gasteiger partial charge in [-0.1, -0.05) is 60.2 Å². The van der Waals surface area contributed by atoms with Gasteiger partial charge < -0.3 is 4.90 Å². The maximum Gasteiger partial charge on any atom is 0.243 e. The summed E-state index contributed by atoms with van der Waals surface area (Å²) in [5, 5.41) is 3.95. The second-order valence-corrected chi connectivity index (χ2v) is 12.6. The number of rotatable bonds is 6. The Morgan fingerprint density at radius 1 is 1.00 bits per heavy atom. The van der Waals surface area contributed by atoms with Crippen LogP contribution in [0.4, 0.5) is 0 Å². The minimum atomic E-state index is -3.81. The van der Waals surface area contributed by atoms with Gasteiger partial charge in [-0.15, -0.1) is 11.3 Å². The molecule has 4 aromatic rings. The average Bonchev–Trinajstić information content (AvgIpc) is 3.62. The van der Waals surface area contributed by atoms with Crippen LogP contribution in [0.25, 0.3) is 10.8 Å². The van der Waals surface area contributed by atoms with Crippen LogP contribution in [-0.4, -0.2) is 42.7 Å². The van der Waals surface area contributed by atoms with Gasteiger partial charge >= 0.3 is 0 Å². The number of aryl methyl sites for hydroxylation is 1. The van der Waals surface area contributed by atoms with Crippen LogP contribution < -0.4 is 0 Å². The minimum absolute atomic E-state index is 0.121. The number of amides is 1. The van der Waals surface area contributed by atoms with Crippen LogP contribution in [0, 0.1) is 6.92 Å². The monoisotopic (exact) mass is 516 g/mol. The fourth-order valence-corrected chi connectivity index (χ4v) is 7.73. The first-order chi connectivity index (χ1) is 17.4. The van der Waals surface area contributed by atoms with E-state index in [1.165, 1.54) is 14.7 Å². The van der Waals surface area contributed by atoms with Gasteiger partial charge in [-0.2, -0.15) is 4.31 Å². The van der Waals surface area contributed by atoms with E-state index in [9.17, 15) is 13.2 Å². The first-order valence-electron chi connectivity index (χ1n) is 12.3. The zero-order valence-electron chi connectivity index (χ0n) is 20.1. The Kier molecular flexibility index (Phi) is 5.94. The standard InChI is InChI=1S/C29H28N2O3S2/c1-20-6-8-22(9-7-20)29-26-15-17-35-27(26)14-16-30(29)28(32)19-31(24-11-12-24)36(33,34)25-13-10-21-4-2-3-5-23(21)18-25/h2-10,13,15,17-18,24,29H,11-12,14,16,19H2,1H3. The lowest BCUT2D eigenvalue weighted by atomic mass is 9.92. The van der Waals surface area contributed by atoms with E-state index < -0.39 is 10.0 Å². The quantitative estimate of drug-likeness (QED) is 0.338. The summed E-state index contributed by atoms with van der Waals surface area (Å²) in [5.74, 6) is -0.145. The average molecular weight is 517 g/mol. The van der Waals surface area contributed by atoms with E-state index in [1.54, 1.807) is 23.5 Å². The third-order valence-corrected chi connectivity index (χ3v) is 10.1. The molecule has 1 fully saturated rings. The van der Waals surface area contributed by atoms with E-state index >= 15 is 0 Å². The molecule has 1 aromatic heterocycles. The van der Waals surface area contributed by atoms with Crippen molar-refractivity contribution in [3.8, 4) is 0 Å². The number of carbonyl (C=O) groups is 1. The van der Waals surface area contributed by atoms with Gasteiger partial charge in [0, 0.05) is 17.5 Å². The maximum absolute atomic E-state index is 13.8. The molecule has 3 aromatic carbocycles. The smallest absolute Gasteiger partial charge is 0.243 e. The van der Waals surface area contributed by atoms with Crippen LogP contribution in [-0.2, 0) is 21.2 Å². The van der Waals surface area contributed by atoms with Crippen molar-refractivity contribution >= 4 is 38.0 Å². The predicted octanol–water partition coefficient (Wildman–Crippen LogP) is 5.54. The SMILES string of the molecule is Cc1ccc(C2c3ccsc3CCN2C(=O)CN(C2CC2)S(=O)(=O)c2ccc3ccccc3c2)cc1. The van der Waals surface area contributed by atoms with Crippen LogP contribution in [0.5, 0.6) is 0 Å². The second kappa shape index (κ2) is 9.14. The molecule has 184 valence electrons. The van der Waals surface area contributed by atoms with Gasteiger partial charge in [-0.3, -0.25) is 4.79 Å². The van der Waals surface area contributed by atoms with E-state index in [-0.39, 0.29) is 29.4 Å². The van der Waals surface area contributed by atoms with Crippen molar-refractivity contribution < 1.29 is 13.2 Å². The van der Waals surface area contributed by atoms with Gasteiger partial charge in [0.05, 0.1) is 17.5 Å². The Hall–Kier alpha value is -3.00. The Morgan fingerprint density at radius 2 is 1.75 bits per heavy atom. The van der Waals surface area contributed by atoms with Gasteiger partial charge in [-0.05, 0) is 71.7 Å². The fraction of sp³-hybridized carbons (Fsp3) is 0.276. The lowest BCUT2D eigenvalue weighted by Gasteiger charge is -2.37. The maximum atomic E-state index is 13.8. The molecule has 2 heterocycles. The van der Waals surface area contributed by atoms with E-state index in [1.807, 2.05) is 35.2 Å². The normalized spacial score (nSPS) is 17.9. The van der Waals surface area contributed by atoms with Crippen LogP contribution in [0.2, 0.25) is 0 Å². The van der Waals surface area contributed by atoms with Crippen LogP contribution in [0.1, 0.15) is 40.5 Å². The molecule has 0 radical (unpaired) electrons. The summed E-state index contributed by atoms with van der Waals surface area (Å²) in [6, 6.07) is 23.0. The third-order valence-electron chi connectivity index (χ3n) is 7.25. The molecular weight excluding hydrogens is 488 g/mol. The van der Waals surface area contributed by atoms with Crippen molar-refractivity contribution in [1.82, 2.24) is 9.21 Å². The molecule has 1 atom stereocenters. The lowest BCUT2D eigenvalue weighted by Crippen LogP contribution is -2.47. The van der Waals surface area contributed by atoms with Crippen molar-refractivity contribution in [2.75, 3.05) is 13.1 Å². The van der Waals surface area contributed by atoms with E-state index in [4.69, 9.17) is 0 Å². The highest BCUT2D eigenvalue weighted by Crippen LogP contribution is 2.39. The van der Waals surface area contributed by atoms with Crippen molar-refractivity contribution in [2.24, 2.45) is 0 Å². The molecule has 0 spiro atoms. The van der Waals surface area contributed by atoms with Gasteiger partial charge in [0.15, 0.2) is 0 Å². The number of hydrogen-bond donors (Lipinski definition) is 0. The summed E-state index contributed by atoms with van der Waals surface area (Å²) < 4.78 is 29.0. The number of fused-ring (bicyclic) bond motifs is 2. The molecule has 36 heavy (non-hydrogen) atoms. The summed E-state index contributed by atoms with van der Waals surface area (Å²) in [5.41, 5.74) is 3.38. The lowest BCUT2D eigenvalue weighted by molar-refractivity contribution is -0.133. The van der Waals surface area contributed by atoms with E-state index in [0.717, 1.165) is 41.2 Å².